The van der Waals surface area contributed by atoms with Gasteiger partial charge in [-0.05, 0) is 12.8 Å². The third-order valence-electron chi connectivity index (χ3n) is 5.06. The van der Waals surface area contributed by atoms with Crippen LogP contribution in [0.25, 0.3) is 0 Å². The molecule has 12 nitrogen and oxygen atoms in total. The van der Waals surface area contributed by atoms with Crippen LogP contribution in [0.3, 0.4) is 0 Å². The second kappa shape index (κ2) is 10.9. The Morgan fingerprint density at radius 1 is 0.679 bits per heavy atom. The molecular formula is C16H28N4O8. The van der Waals surface area contributed by atoms with Crippen LogP contribution in [0.5, 0.6) is 0 Å². The molecule has 0 saturated carbocycles. The van der Waals surface area contributed by atoms with E-state index in [-0.39, 0.29) is 6.42 Å². The van der Waals surface area contributed by atoms with Gasteiger partial charge in [0, 0.05) is 12.0 Å². The highest BCUT2D eigenvalue weighted by Crippen LogP contribution is 2.47. The van der Waals surface area contributed by atoms with E-state index in [1.165, 1.54) is 0 Å². The number of carboxylic acids is 4. The molecule has 0 unspecified atom stereocenters. The monoisotopic (exact) mass is 404 g/mol. The molecule has 1 rings (SSSR count). The molecule has 0 aliphatic carbocycles. The lowest BCUT2D eigenvalue weighted by molar-refractivity contribution is -0.158. The van der Waals surface area contributed by atoms with E-state index in [4.69, 9.17) is 0 Å². The molecule has 0 aromatic heterocycles. The predicted octanol–water partition coefficient (Wildman–Crippen LogP) is -0.322. The SMILES string of the molecule is O=C(O)CC1(CC(=O)O)CCCCCCNNNNC1(CC(=O)O)CC(=O)O. The van der Waals surface area contributed by atoms with Crippen molar-refractivity contribution in [2.75, 3.05) is 6.54 Å². The summed E-state index contributed by atoms with van der Waals surface area (Å²) in [6, 6.07) is 0. The minimum absolute atomic E-state index is 0.0499. The zero-order chi connectivity index (χ0) is 21.2. The molecule has 0 aromatic rings. The molecule has 0 bridgehead atoms. The summed E-state index contributed by atoms with van der Waals surface area (Å²) in [6.45, 7) is 0.592. The maximum atomic E-state index is 11.6. The van der Waals surface area contributed by atoms with Crippen molar-refractivity contribution in [3.8, 4) is 0 Å². The van der Waals surface area contributed by atoms with Gasteiger partial charge in [0.1, 0.15) is 0 Å². The minimum Gasteiger partial charge on any atom is -0.481 e. The van der Waals surface area contributed by atoms with E-state index in [0.717, 1.165) is 12.8 Å². The molecule has 1 heterocycles. The van der Waals surface area contributed by atoms with Crippen molar-refractivity contribution in [3.63, 3.8) is 0 Å². The molecule has 12 heteroatoms. The molecule has 0 atom stereocenters. The van der Waals surface area contributed by atoms with Gasteiger partial charge in [0.25, 0.3) is 0 Å². The number of hydrogen-bond acceptors (Lipinski definition) is 8. The molecule has 8 N–H and O–H groups in total. The molecule has 1 fully saturated rings. The predicted molar refractivity (Wildman–Crippen MR) is 94.7 cm³/mol. The van der Waals surface area contributed by atoms with Gasteiger partial charge in [-0.1, -0.05) is 19.3 Å². The highest BCUT2D eigenvalue weighted by atomic mass is 16.4. The quantitative estimate of drug-likeness (QED) is 0.263. The first-order valence-electron chi connectivity index (χ1n) is 9.00. The lowest BCUT2D eigenvalue weighted by Gasteiger charge is -2.49. The van der Waals surface area contributed by atoms with Crippen LogP contribution < -0.4 is 21.9 Å². The van der Waals surface area contributed by atoms with E-state index in [2.05, 4.69) is 21.9 Å². The van der Waals surface area contributed by atoms with Crippen molar-refractivity contribution >= 4 is 23.9 Å². The molecule has 0 spiro atoms. The van der Waals surface area contributed by atoms with Gasteiger partial charge in [-0.3, -0.25) is 19.2 Å². The van der Waals surface area contributed by atoms with E-state index in [9.17, 15) is 39.6 Å². The van der Waals surface area contributed by atoms with Crippen LogP contribution in [-0.4, -0.2) is 56.4 Å². The Morgan fingerprint density at radius 3 is 1.68 bits per heavy atom. The van der Waals surface area contributed by atoms with Crippen LogP contribution in [0.4, 0.5) is 0 Å². The van der Waals surface area contributed by atoms with Gasteiger partial charge >= 0.3 is 23.9 Å². The van der Waals surface area contributed by atoms with Crippen LogP contribution in [0.1, 0.15) is 57.8 Å². The van der Waals surface area contributed by atoms with Crippen molar-refractivity contribution in [2.24, 2.45) is 5.41 Å². The zero-order valence-electron chi connectivity index (χ0n) is 15.5. The van der Waals surface area contributed by atoms with Gasteiger partial charge in [0.15, 0.2) is 0 Å². The Balaban J connectivity index is 3.53. The average Bonchev–Trinajstić information content (AvgIpc) is 2.52. The molecular weight excluding hydrogens is 376 g/mol. The summed E-state index contributed by atoms with van der Waals surface area (Å²) < 4.78 is 0. The molecule has 0 amide bonds. The van der Waals surface area contributed by atoms with E-state index in [0.29, 0.717) is 19.4 Å². The van der Waals surface area contributed by atoms with Gasteiger partial charge < -0.3 is 20.4 Å². The van der Waals surface area contributed by atoms with Crippen molar-refractivity contribution in [2.45, 2.75) is 63.3 Å². The Hall–Kier alpha value is -2.28. The van der Waals surface area contributed by atoms with Crippen LogP contribution in [0.2, 0.25) is 0 Å². The molecule has 1 aliphatic rings. The first kappa shape index (κ1) is 23.8. The lowest BCUT2D eigenvalue weighted by atomic mass is 9.60. The Kier molecular flexibility index (Phi) is 9.25. The van der Waals surface area contributed by atoms with Crippen LogP contribution in [-0.2, 0) is 19.2 Å². The Morgan fingerprint density at radius 2 is 1.18 bits per heavy atom. The highest BCUT2D eigenvalue weighted by Gasteiger charge is 2.55. The van der Waals surface area contributed by atoms with Crippen molar-refractivity contribution in [1.82, 2.24) is 21.9 Å². The van der Waals surface area contributed by atoms with Gasteiger partial charge in [-0.15, -0.1) is 0 Å². The summed E-state index contributed by atoms with van der Waals surface area (Å²) in [5, 5.41) is 37.8. The normalized spacial score (nSPS) is 20.3. The third-order valence-corrected chi connectivity index (χ3v) is 5.06. The zero-order valence-corrected chi connectivity index (χ0v) is 15.5. The summed E-state index contributed by atoms with van der Waals surface area (Å²) in [5.41, 5.74) is 6.91. The number of nitrogens with one attached hydrogen (secondary N) is 4. The largest absolute Gasteiger partial charge is 0.481 e. The van der Waals surface area contributed by atoms with E-state index in [1.54, 1.807) is 0 Å². The average molecular weight is 404 g/mol. The maximum absolute atomic E-state index is 11.6. The third kappa shape index (κ3) is 7.03. The van der Waals surface area contributed by atoms with E-state index >= 15 is 0 Å². The molecule has 0 aromatic carbocycles. The number of carboxylic acid groups (broad SMARTS) is 4. The van der Waals surface area contributed by atoms with Crippen molar-refractivity contribution in [1.29, 1.82) is 0 Å². The van der Waals surface area contributed by atoms with Gasteiger partial charge in [0.05, 0.1) is 31.2 Å². The summed E-state index contributed by atoms with van der Waals surface area (Å²) in [5.74, 6) is -5.42. The van der Waals surface area contributed by atoms with E-state index in [1.807, 2.05) is 0 Å². The van der Waals surface area contributed by atoms with Crippen molar-refractivity contribution in [3.05, 3.63) is 0 Å². The number of hydrazine groups is 3. The first-order valence-corrected chi connectivity index (χ1v) is 9.00. The summed E-state index contributed by atoms with van der Waals surface area (Å²) >= 11 is 0. The fourth-order valence-electron chi connectivity index (χ4n) is 3.86. The molecule has 1 aliphatic heterocycles. The fourth-order valence-corrected chi connectivity index (χ4v) is 3.86. The van der Waals surface area contributed by atoms with Crippen LogP contribution in [0, 0.1) is 5.41 Å². The maximum Gasteiger partial charge on any atom is 0.305 e. The lowest BCUT2D eigenvalue weighted by Crippen LogP contribution is -2.68. The number of hydrogen-bond donors (Lipinski definition) is 8. The fraction of sp³-hybridized carbons (Fsp3) is 0.750. The van der Waals surface area contributed by atoms with Crippen molar-refractivity contribution < 1.29 is 39.6 Å². The first-order chi connectivity index (χ1) is 13.1. The van der Waals surface area contributed by atoms with Gasteiger partial charge in [-0.2, -0.15) is 11.1 Å². The number of rotatable bonds is 8. The highest BCUT2D eigenvalue weighted by molar-refractivity contribution is 5.77. The van der Waals surface area contributed by atoms with Gasteiger partial charge in [-0.25, -0.2) is 10.9 Å². The summed E-state index contributed by atoms with van der Waals surface area (Å²) in [6.07, 6.45) is -0.178. The topological polar surface area (TPSA) is 197 Å². The molecule has 0 radical (unpaired) electrons. The number of carbonyl (C=O) groups is 4. The second-order valence-corrected chi connectivity index (χ2v) is 7.11. The van der Waals surface area contributed by atoms with Gasteiger partial charge in [0.2, 0.25) is 0 Å². The minimum atomic E-state index is -1.88. The summed E-state index contributed by atoms with van der Waals surface area (Å²) in [4.78, 5) is 46.4. The summed E-state index contributed by atoms with van der Waals surface area (Å²) in [7, 11) is 0. The molecule has 1 saturated heterocycles. The standard InChI is InChI=1S/C16H28N4O8/c21-11(22)7-15(8-12(23)24)5-3-1-2-4-6-17-19-20-18-16(15,9-13(25)26)10-14(27)28/h17-20H,1-10H2,(H,21,22)(H,23,24)(H,25,26)(H,27,28). The number of aliphatic carboxylic acids is 4. The van der Waals surface area contributed by atoms with E-state index < -0.39 is 60.5 Å². The molecule has 160 valence electrons. The smallest absolute Gasteiger partial charge is 0.305 e. The Bertz CT molecular complexity index is 501. The second-order valence-electron chi connectivity index (χ2n) is 7.11. The Labute approximate surface area is 161 Å². The van der Waals surface area contributed by atoms with Crippen LogP contribution >= 0.6 is 0 Å². The van der Waals surface area contributed by atoms with Crippen LogP contribution in [0.15, 0.2) is 0 Å². The molecule has 28 heavy (non-hydrogen) atoms.